The molecule has 6 heteroatoms. The predicted molar refractivity (Wildman–Crippen MR) is 68.0 cm³/mol. The van der Waals surface area contributed by atoms with E-state index < -0.39 is 12.0 Å². The molecule has 0 radical (unpaired) electrons. The fourth-order valence-corrected chi connectivity index (χ4v) is 1.94. The van der Waals surface area contributed by atoms with Crippen LogP contribution in [-0.4, -0.2) is 23.6 Å². The van der Waals surface area contributed by atoms with Gasteiger partial charge in [-0.2, -0.15) is 0 Å². The second-order valence-corrected chi connectivity index (χ2v) is 4.05. The highest BCUT2D eigenvalue weighted by Gasteiger charge is 2.32. The van der Waals surface area contributed by atoms with Crippen LogP contribution in [0.25, 0.3) is 0 Å². The number of aromatic nitrogens is 1. The lowest BCUT2D eigenvalue weighted by molar-refractivity contribution is -0.139. The van der Waals surface area contributed by atoms with Crippen LogP contribution in [0.4, 0.5) is 4.79 Å². The van der Waals surface area contributed by atoms with Gasteiger partial charge in [-0.15, -0.1) is 0 Å². The van der Waals surface area contributed by atoms with Gasteiger partial charge < -0.3 is 15.4 Å². The average Bonchev–Trinajstić information content (AvgIpc) is 2.39. The van der Waals surface area contributed by atoms with Gasteiger partial charge in [-0.25, -0.2) is 9.59 Å². The molecule has 0 aromatic carbocycles. The first-order chi connectivity index (χ1) is 9.13. The van der Waals surface area contributed by atoms with Gasteiger partial charge in [0.1, 0.15) is 6.04 Å². The van der Waals surface area contributed by atoms with Crippen LogP contribution in [0, 0.1) is 0 Å². The van der Waals surface area contributed by atoms with E-state index in [2.05, 4.69) is 15.6 Å². The van der Waals surface area contributed by atoms with Crippen LogP contribution in [0.1, 0.15) is 25.6 Å². The molecular weight excluding hydrogens is 246 g/mol. The number of urea groups is 1. The Morgan fingerprint density at radius 1 is 1.47 bits per heavy atom. The highest BCUT2D eigenvalue weighted by molar-refractivity contribution is 5.94. The van der Waals surface area contributed by atoms with E-state index in [1.54, 1.807) is 38.2 Å². The molecule has 0 saturated carbocycles. The van der Waals surface area contributed by atoms with E-state index in [4.69, 9.17) is 4.74 Å². The first kappa shape index (κ1) is 13.1. The van der Waals surface area contributed by atoms with Crippen LogP contribution in [0.3, 0.4) is 0 Å². The van der Waals surface area contributed by atoms with E-state index in [1.807, 2.05) is 0 Å². The number of nitrogens with zero attached hydrogens (tertiary/aromatic N) is 1. The Hall–Kier alpha value is -2.37. The Kier molecular flexibility index (Phi) is 3.79. The standard InChI is InChI=1S/C13H15N3O3/c1-3-19-12(17)10-8(2)15-13(18)16-11(10)9-6-4-5-7-14-9/h4-7,11H,3H2,1-2H3,(H2,15,16,18)/t11-/m1/s1. The number of hydrogen-bond donors (Lipinski definition) is 2. The molecule has 6 nitrogen and oxygen atoms in total. The molecule has 1 atom stereocenters. The first-order valence-corrected chi connectivity index (χ1v) is 5.99. The molecule has 2 N–H and O–H groups in total. The Morgan fingerprint density at radius 3 is 2.89 bits per heavy atom. The van der Waals surface area contributed by atoms with Crippen LogP contribution in [-0.2, 0) is 9.53 Å². The van der Waals surface area contributed by atoms with Crippen molar-refractivity contribution in [3.05, 3.63) is 41.4 Å². The Labute approximate surface area is 110 Å². The van der Waals surface area contributed by atoms with Crippen molar-refractivity contribution in [1.29, 1.82) is 0 Å². The van der Waals surface area contributed by atoms with Crippen LogP contribution < -0.4 is 10.6 Å². The molecule has 0 unspecified atom stereocenters. The Balaban J connectivity index is 2.41. The van der Waals surface area contributed by atoms with Gasteiger partial charge in [-0.1, -0.05) is 6.07 Å². The van der Waals surface area contributed by atoms with E-state index in [0.29, 0.717) is 17.0 Å². The lowest BCUT2D eigenvalue weighted by atomic mass is 9.99. The SMILES string of the molecule is CCOC(=O)C1=C(C)NC(=O)N[C@@H]1c1ccccn1. The summed E-state index contributed by atoms with van der Waals surface area (Å²) in [6.45, 7) is 3.68. The summed E-state index contributed by atoms with van der Waals surface area (Å²) in [5.41, 5.74) is 1.46. The summed E-state index contributed by atoms with van der Waals surface area (Å²) >= 11 is 0. The molecule has 2 rings (SSSR count). The third-order valence-electron chi connectivity index (χ3n) is 2.75. The van der Waals surface area contributed by atoms with Gasteiger partial charge in [-0.3, -0.25) is 4.98 Å². The van der Waals surface area contributed by atoms with Crippen molar-refractivity contribution in [3.8, 4) is 0 Å². The second kappa shape index (κ2) is 5.51. The molecular formula is C13H15N3O3. The lowest BCUT2D eigenvalue weighted by Gasteiger charge is -2.27. The fourth-order valence-electron chi connectivity index (χ4n) is 1.94. The molecule has 0 spiro atoms. The Bertz CT molecular complexity index is 525. The molecule has 1 aromatic heterocycles. The van der Waals surface area contributed by atoms with E-state index >= 15 is 0 Å². The van der Waals surface area contributed by atoms with E-state index in [0.717, 1.165) is 0 Å². The lowest BCUT2D eigenvalue weighted by Crippen LogP contribution is -2.45. The van der Waals surface area contributed by atoms with Gasteiger partial charge in [0.15, 0.2) is 0 Å². The minimum Gasteiger partial charge on any atom is -0.463 e. The van der Waals surface area contributed by atoms with Gasteiger partial charge in [0.05, 0.1) is 17.9 Å². The number of carbonyl (C=O) groups excluding carboxylic acids is 2. The summed E-state index contributed by atoms with van der Waals surface area (Å²) in [4.78, 5) is 27.7. The summed E-state index contributed by atoms with van der Waals surface area (Å²) in [6, 6.07) is 4.37. The topological polar surface area (TPSA) is 80.3 Å². The smallest absolute Gasteiger partial charge is 0.338 e. The minimum atomic E-state index is -0.589. The third-order valence-corrected chi connectivity index (χ3v) is 2.75. The summed E-state index contributed by atoms with van der Waals surface area (Å²) in [6.07, 6.45) is 1.61. The fraction of sp³-hybridized carbons (Fsp3) is 0.308. The van der Waals surface area contributed by atoms with Gasteiger partial charge >= 0.3 is 12.0 Å². The highest BCUT2D eigenvalue weighted by atomic mass is 16.5. The molecule has 2 amide bonds. The maximum Gasteiger partial charge on any atom is 0.338 e. The quantitative estimate of drug-likeness (QED) is 0.803. The van der Waals surface area contributed by atoms with Gasteiger partial charge in [-0.05, 0) is 26.0 Å². The molecule has 19 heavy (non-hydrogen) atoms. The maximum absolute atomic E-state index is 12.0. The van der Waals surface area contributed by atoms with Gasteiger partial charge in [0.25, 0.3) is 0 Å². The van der Waals surface area contributed by atoms with E-state index in [1.165, 1.54) is 0 Å². The molecule has 0 fully saturated rings. The van der Waals surface area contributed by atoms with Crippen molar-refractivity contribution in [2.45, 2.75) is 19.9 Å². The van der Waals surface area contributed by atoms with E-state index in [9.17, 15) is 9.59 Å². The van der Waals surface area contributed by atoms with Crippen LogP contribution in [0.5, 0.6) is 0 Å². The monoisotopic (exact) mass is 261 g/mol. The normalized spacial score (nSPS) is 18.6. The van der Waals surface area contributed by atoms with Crippen molar-refractivity contribution in [2.75, 3.05) is 6.61 Å². The molecule has 1 aliphatic rings. The Morgan fingerprint density at radius 2 is 2.26 bits per heavy atom. The molecule has 0 aliphatic carbocycles. The largest absolute Gasteiger partial charge is 0.463 e. The number of allylic oxidation sites excluding steroid dienone is 1. The zero-order valence-corrected chi connectivity index (χ0v) is 10.8. The van der Waals surface area contributed by atoms with Crippen molar-refractivity contribution < 1.29 is 14.3 Å². The highest BCUT2D eigenvalue weighted by Crippen LogP contribution is 2.25. The zero-order chi connectivity index (χ0) is 13.8. The number of amides is 2. The minimum absolute atomic E-state index is 0.276. The van der Waals surface area contributed by atoms with Crippen LogP contribution >= 0.6 is 0 Å². The number of hydrogen-bond acceptors (Lipinski definition) is 4. The summed E-state index contributed by atoms with van der Waals surface area (Å²) in [5, 5.41) is 5.25. The summed E-state index contributed by atoms with van der Waals surface area (Å²) in [5.74, 6) is -0.455. The number of nitrogens with one attached hydrogen (secondary N) is 2. The summed E-state index contributed by atoms with van der Waals surface area (Å²) < 4.78 is 5.02. The molecule has 0 bridgehead atoms. The van der Waals surface area contributed by atoms with E-state index in [-0.39, 0.29) is 12.6 Å². The molecule has 100 valence electrons. The summed E-state index contributed by atoms with van der Waals surface area (Å²) in [7, 11) is 0. The number of esters is 1. The number of pyridine rings is 1. The van der Waals surface area contributed by atoms with Crippen LogP contribution in [0.2, 0.25) is 0 Å². The number of ether oxygens (including phenoxy) is 1. The van der Waals surface area contributed by atoms with Crippen LogP contribution in [0.15, 0.2) is 35.7 Å². The number of rotatable bonds is 3. The van der Waals surface area contributed by atoms with Crippen molar-refractivity contribution in [2.24, 2.45) is 0 Å². The van der Waals surface area contributed by atoms with Crippen molar-refractivity contribution in [1.82, 2.24) is 15.6 Å². The molecule has 1 aliphatic heterocycles. The van der Waals surface area contributed by atoms with Crippen molar-refractivity contribution >= 4 is 12.0 Å². The zero-order valence-electron chi connectivity index (χ0n) is 10.8. The van der Waals surface area contributed by atoms with Crippen molar-refractivity contribution in [3.63, 3.8) is 0 Å². The van der Waals surface area contributed by atoms with Gasteiger partial charge in [0, 0.05) is 11.9 Å². The molecule has 0 saturated heterocycles. The first-order valence-electron chi connectivity index (χ1n) is 5.99. The second-order valence-electron chi connectivity index (χ2n) is 4.05. The number of carbonyl (C=O) groups is 2. The van der Waals surface area contributed by atoms with Gasteiger partial charge in [0.2, 0.25) is 0 Å². The molecule has 2 heterocycles. The predicted octanol–water partition coefficient (Wildman–Crippen LogP) is 1.27. The molecule has 1 aromatic rings. The maximum atomic E-state index is 12.0. The third kappa shape index (κ3) is 2.73. The average molecular weight is 261 g/mol.